The van der Waals surface area contributed by atoms with E-state index in [1.54, 1.807) is 6.07 Å². The van der Waals surface area contributed by atoms with Crippen molar-refractivity contribution in [1.82, 2.24) is 14.2 Å². The molecule has 0 unspecified atom stereocenters. The summed E-state index contributed by atoms with van der Waals surface area (Å²) in [6.45, 7) is 0.277. The van der Waals surface area contributed by atoms with Gasteiger partial charge in [-0.1, -0.05) is 29.8 Å². The maximum atomic E-state index is 12.5. The van der Waals surface area contributed by atoms with Crippen molar-refractivity contribution in [3.8, 4) is 0 Å². The lowest BCUT2D eigenvalue weighted by molar-refractivity contribution is 0.301. The van der Waals surface area contributed by atoms with Gasteiger partial charge in [-0.3, -0.25) is 0 Å². The minimum Gasteiger partial charge on any atom is -0.350 e. The lowest BCUT2D eigenvalue weighted by Gasteiger charge is -2.24. The highest BCUT2D eigenvalue weighted by atomic mass is 35.5. The van der Waals surface area contributed by atoms with Crippen LogP contribution in [0.3, 0.4) is 0 Å². The van der Waals surface area contributed by atoms with Crippen LogP contribution in [0.5, 0.6) is 0 Å². The van der Waals surface area contributed by atoms with Gasteiger partial charge in [0.2, 0.25) is 10.0 Å². The third-order valence-electron chi connectivity index (χ3n) is 4.19. The molecule has 0 bridgehead atoms. The van der Waals surface area contributed by atoms with Crippen LogP contribution in [-0.4, -0.2) is 38.5 Å². The second kappa shape index (κ2) is 7.09. The summed E-state index contributed by atoms with van der Waals surface area (Å²) in [4.78, 5) is 2.02. The molecule has 1 N–H and O–H groups in total. The molecule has 0 aliphatic carbocycles. The number of sulfonamides is 1. The van der Waals surface area contributed by atoms with E-state index in [0.29, 0.717) is 4.34 Å². The predicted octanol–water partition coefficient (Wildman–Crippen LogP) is 3.47. The molecule has 0 amide bonds. The molecule has 2 heterocycles. The van der Waals surface area contributed by atoms with E-state index in [1.807, 2.05) is 38.2 Å². The summed E-state index contributed by atoms with van der Waals surface area (Å²) < 4.78 is 30.4. The van der Waals surface area contributed by atoms with Crippen molar-refractivity contribution < 1.29 is 8.42 Å². The second-order valence-corrected chi connectivity index (χ2v) is 9.81. The minimum absolute atomic E-state index is 0.0868. The van der Waals surface area contributed by atoms with Crippen molar-refractivity contribution in [3.05, 3.63) is 52.5 Å². The number of fused-ring (bicyclic) bond motifs is 1. The van der Waals surface area contributed by atoms with Gasteiger partial charge < -0.3 is 9.47 Å². The highest BCUT2D eigenvalue weighted by molar-refractivity contribution is 7.91. The summed E-state index contributed by atoms with van der Waals surface area (Å²) in [5.74, 6) is 0. The Bertz CT molecular complexity index is 992. The van der Waals surface area contributed by atoms with Crippen molar-refractivity contribution in [2.24, 2.45) is 7.05 Å². The van der Waals surface area contributed by atoms with Gasteiger partial charge in [0.25, 0.3) is 0 Å². The second-order valence-electron chi connectivity index (χ2n) is 6.10. The van der Waals surface area contributed by atoms with Crippen molar-refractivity contribution in [2.75, 3.05) is 20.6 Å². The van der Waals surface area contributed by atoms with E-state index < -0.39 is 10.0 Å². The molecule has 0 saturated carbocycles. The number of rotatable bonds is 6. The molecule has 2 aromatic heterocycles. The molecule has 25 heavy (non-hydrogen) atoms. The maximum absolute atomic E-state index is 12.5. The van der Waals surface area contributed by atoms with E-state index in [0.717, 1.165) is 27.8 Å². The highest BCUT2D eigenvalue weighted by Crippen LogP contribution is 2.29. The Morgan fingerprint density at radius 3 is 2.60 bits per heavy atom. The van der Waals surface area contributed by atoms with Crippen molar-refractivity contribution >= 4 is 43.9 Å². The van der Waals surface area contributed by atoms with Gasteiger partial charge in [-0.2, -0.15) is 0 Å². The Labute approximate surface area is 156 Å². The Morgan fingerprint density at radius 2 is 1.96 bits per heavy atom. The van der Waals surface area contributed by atoms with Crippen LogP contribution in [0.15, 0.2) is 46.8 Å². The molecule has 0 aliphatic rings. The van der Waals surface area contributed by atoms with E-state index in [4.69, 9.17) is 11.6 Å². The van der Waals surface area contributed by atoms with Crippen LogP contribution in [0.25, 0.3) is 10.9 Å². The van der Waals surface area contributed by atoms with Gasteiger partial charge in [-0.25, -0.2) is 13.1 Å². The molecular weight excluding hydrogens is 378 g/mol. The van der Waals surface area contributed by atoms with Crippen LogP contribution in [0.4, 0.5) is 0 Å². The van der Waals surface area contributed by atoms with Gasteiger partial charge >= 0.3 is 0 Å². The number of halogens is 1. The van der Waals surface area contributed by atoms with Gasteiger partial charge in [0.15, 0.2) is 0 Å². The SMILES string of the molecule is CN(C)[C@@H](CNS(=O)(=O)c1ccc(Cl)s1)c1cn(C)c2ccccc12. The topological polar surface area (TPSA) is 54.3 Å². The fraction of sp³-hybridized carbons (Fsp3) is 0.294. The molecule has 5 nitrogen and oxygen atoms in total. The number of benzene rings is 1. The zero-order valence-electron chi connectivity index (χ0n) is 14.2. The third kappa shape index (κ3) is 3.75. The molecule has 0 aliphatic heterocycles. The molecule has 0 saturated heterocycles. The first-order valence-corrected chi connectivity index (χ1v) is 10.4. The first-order chi connectivity index (χ1) is 11.8. The van der Waals surface area contributed by atoms with Gasteiger partial charge in [0.1, 0.15) is 4.21 Å². The molecular formula is C17H20ClN3O2S2. The Hall–Kier alpha value is -1.38. The molecule has 1 aromatic carbocycles. The first kappa shape index (κ1) is 18.4. The van der Waals surface area contributed by atoms with Gasteiger partial charge in [-0.05, 0) is 37.9 Å². The molecule has 0 radical (unpaired) electrons. The maximum Gasteiger partial charge on any atom is 0.250 e. The van der Waals surface area contributed by atoms with Crippen molar-refractivity contribution in [3.63, 3.8) is 0 Å². The van der Waals surface area contributed by atoms with Gasteiger partial charge in [0.05, 0.1) is 4.34 Å². The molecule has 0 fully saturated rings. The summed E-state index contributed by atoms with van der Waals surface area (Å²) in [5, 5.41) is 1.13. The summed E-state index contributed by atoms with van der Waals surface area (Å²) in [7, 11) is 2.32. The molecule has 134 valence electrons. The number of hydrogen-bond donors (Lipinski definition) is 1. The lowest BCUT2D eigenvalue weighted by Crippen LogP contribution is -2.34. The molecule has 3 aromatic rings. The van der Waals surface area contributed by atoms with Crippen LogP contribution < -0.4 is 4.72 Å². The van der Waals surface area contributed by atoms with Crippen molar-refractivity contribution in [1.29, 1.82) is 0 Å². The number of thiophene rings is 1. The predicted molar refractivity (Wildman–Crippen MR) is 104 cm³/mol. The average molecular weight is 398 g/mol. The standard InChI is InChI=1S/C17H20ClN3O2S2/c1-20(2)15(10-19-25(22,23)17-9-8-16(18)24-17)13-11-21(3)14-7-5-4-6-12(13)14/h4-9,11,15,19H,10H2,1-3H3/t15-/m0/s1. The summed E-state index contributed by atoms with van der Waals surface area (Å²) in [6, 6.07) is 11.2. The minimum atomic E-state index is -3.57. The zero-order valence-corrected chi connectivity index (χ0v) is 16.6. The van der Waals surface area contributed by atoms with E-state index in [9.17, 15) is 8.42 Å². The number of hydrogen-bond acceptors (Lipinski definition) is 4. The van der Waals surface area contributed by atoms with Crippen molar-refractivity contribution in [2.45, 2.75) is 10.3 Å². The highest BCUT2D eigenvalue weighted by Gasteiger charge is 2.23. The summed E-state index contributed by atoms with van der Waals surface area (Å²) in [6.07, 6.45) is 2.06. The Morgan fingerprint density at radius 1 is 1.24 bits per heavy atom. The fourth-order valence-corrected chi connectivity index (χ4v) is 5.48. The summed E-state index contributed by atoms with van der Waals surface area (Å²) >= 11 is 6.91. The largest absolute Gasteiger partial charge is 0.350 e. The van der Waals surface area contributed by atoms with E-state index in [2.05, 4.69) is 27.6 Å². The third-order valence-corrected chi connectivity index (χ3v) is 7.34. The lowest BCUT2D eigenvalue weighted by atomic mass is 10.1. The Kier molecular flexibility index (Phi) is 5.22. The smallest absolute Gasteiger partial charge is 0.250 e. The molecule has 8 heteroatoms. The van der Waals surface area contributed by atoms with Crippen LogP contribution >= 0.6 is 22.9 Å². The normalized spacial score (nSPS) is 13.6. The van der Waals surface area contributed by atoms with E-state index in [1.165, 1.54) is 6.07 Å². The number of aromatic nitrogens is 1. The number of nitrogens with zero attached hydrogens (tertiary/aromatic N) is 2. The van der Waals surface area contributed by atoms with Crippen LogP contribution in [0, 0.1) is 0 Å². The fourth-order valence-electron chi connectivity index (χ4n) is 2.91. The number of likely N-dealkylation sites (N-methyl/N-ethyl adjacent to an activating group) is 1. The van der Waals surface area contributed by atoms with Gasteiger partial charge in [-0.15, -0.1) is 11.3 Å². The summed E-state index contributed by atoms with van der Waals surface area (Å²) in [5.41, 5.74) is 2.22. The zero-order chi connectivity index (χ0) is 18.2. The monoisotopic (exact) mass is 397 g/mol. The number of para-hydroxylation sites is 1. The number of aryl methyl sites for hydroxylation is 1. The van der Waals surface area contributed by atoms with E-state index in [-0.39, 0.29) is 16.8 Å². The van der Waals surface area contributed by atoms with E-state index >= 15 is 0 Å². The quantitative estimate of drug-likeness (QED) is 0.692. The van der Waals surface area contributed by atoms with Gasteiger partial charge in [0, 0.05) is 36.7 Å². The molecule has 0 spiro atoms. The first-order valence-electron chi connectivity index (χ1n) is 7.75. The Balaban J connectivity index is 1.89. The molecule has 3 rings (SSSR count). The number of nitrogens with one attached hydrogen (secondary N) is 1. The van der Waals surface area contributed by atoms with Crippen LogP contribution in [0.2, 0.25) is 4.34 Å². The van der Waals surface area contributed by atoms with Crippen LogP contribution in [0.1, 0.15) is 11.6 Å². The molecule has 1 atom stereocenters. The average Bonchev–Trinajstić information content (AvgIpc) is 3.13. The van der Waals surface area contributed by atoms with Crippen LogP contribution in [-0.2, 0) is 17.1 Å².